The van der Waals surface area contributed by atoms with Crippen molar-refractivity contribution in [2.45, 2.75) is 77.4 Å². The number of unbranched alkanes of at least 4 members (excludes halogenated alkanes) is 1. The molecule has 1 N–H and O–H groups in total. The van der Waals surface area contributed by atoms with Crippen molar-refractivity contribution >= 4 is 22.1 Å². The summed E-state index contributed by atoms with van der Waals surface area (Å²) in [6.45, 7) is 7.75. The van der Waals surface area contributed by atoms with Gasteiger partial charge in [-0.25, -0.2) is 17.9 Å². The molecule has 2 aromatic rings. The van der Waals surface area contributed by atoms with Gasteiger partial charge in [-0.2, -0.15) is 0 Å². The lowest BCUT2D eigenvalue weighted by atomic mass is 9.92. The molecule has 0 bridgehead atoms. The molecule has 1 aliphatic heterocycles. The Hall–Kier alpha value is -3.11. The van der Waals surface area contributed by atoms with Crippen molar-refractivity contribution in [3.05, 3.63) is 65.7 Å². The molecule has 0 radical (unpaired) electrons. The molecule has 2 aromatic carbocycles. The Morgan fingerprint density at radius 3 is 2.26 bits per heavy atom. The molecular formula is C32H46N2O7S. The van der Waals surface area contributed by atoms with Crippen LogP contribution in [0.1, 0.15) is 64.0 Å². The lowest BCUT2D eigenvalue weighted by Crippen LogP contribution is -2.44. The first kappa shape index (κ1) is 33.4. The van der Waals surface area contributed by atoms with Gasteiger partial charge in [-0.15, -0.1) is 0 Å². The number of nitrogens with zero attached hydrogens (tertiary/aromatic N) is 1. The van der Waals surface area contributed by atoms with Crippen molar-refractivity contribution in [3.63, 3.8) is 0 Å². The van der Waals surface area contributed by atoms with Gasteiger partial charge in [0.2, 0.25) is 10.0 Å². The van der Waals surface area contributed by atoms with Crippen LogP contribution in [-0.4, -0.2) is 69.6 Å². The van der Waals surface area contributed by atoms with E-state index in [-0.39, 0.29) is 18.3 Å². The summed E-state index contributed by atoms with van der Waals surface area (Å²) in [5, 5.41) is 0. The summed E-state index contributed by atoms with van der Waals surface area (Å²) in [5.41, 5.74) is 1.23. The first-order valence-electron chi connectivity index (χ1n) is 14.8. The molecule has 0 aliphatic carbocycles. The van der Waals surface area contributed by atoms with Gasteiger partial charge in [-0.05, 0) is 88.5 Å². The van der Waals surface area contributed by atoms with E-state index in [1.54, 1.807) is 0 Å². The number of amides is 1. The maximum absolute atomic E-state index is 12.7. The zero-order valence-corrected chi connectivity index (χ0v) is 26.2. The molecule has 10 heteroatoms. The summed E-state index contributed by atoms with van der Waals surface area (Å²) in [6.07, 6.45) is 5.40. The van der Waals surface area contributed by atoms with Gasteiger partial charge in [0, 0.05) is 13.1 Å². The number of sulfonamides is 1. The number of benzene rings is 2. The number of nitrogens with one attached hydrogen (secondary N) is 1. The molecule has 3 rings (SSSR count). The van der Waals surface area contributed by atoms with E-state index in [2.05, 4.69) is 4.72 Å². The van der Waals surface area contributed by atoms with Gasteiger partial charge in [0.25, 0.3) is 0 Å². The van der Waals surface area contributed by atoms with E-state index < -0.39 is 27.6 Å². The Morgan fingerprint density at radius 1 is 0.976 bits per heavy atom. The number of esters is 1. The van der Waals surface area contributed by atoms with E-state index in [0.29, 0.717) is 18.9 Å². The quantitative estimate of drug-likeness (QED) is 0.236. The summed E-state index contributed by atoms with van der Waals surface area (Å²) < 4.78 is 44.1. The lowest BCUT2D eigenvalue weighted by molar-refractivity contribution is -0.142. The van der Waals surface area contributed by atoms with Gasteiger partial charge in [0.05, 0.1) is 19.5 Å². The first-order chi connectivity index (χ1) is 19.9. The summed E-state index contributed by atoms with van der Waals surface area (Å²) >= 11 is 0. The molecule has 0 unspecified atom stereocenters. The predicted octanol–water partition coefficient (Wildman–Crippen LogP) is 5.13. The number of methoxy groups -OCH3 is 1. The smallest absolute Gasteiger partial charge is 0.410 e. The summed E-state index contributed by atoms with van der Waals surface area (Å²) in [7, 11) is -2.45. The van der Waals surface area contributed by atoms with E-state index in [0.717, 1.165) is 62.1 Å². The van der Waals surface area contributed by atoms with Crippen LogP contribution in [0, 0.1) is 5.92 Å². The molecule has 42 heavy (non-hydrogen) atoms. The van der Waals surface area contributed by atoms with Crippen molar-refractivity contribution in [2.75, 3.05) is 32.6 Å². The normalized spacial score (nSPS) is 15.2. The maximum Gasteiger partial charge on any atom is 0.410 e. The van der Waals surface area contributed by atoms with E-state index in [9.17, 15) is 18.0 Å². The van der Waals surface area contributed by atoms with Crippen LogP contribution in [0.4, 0.5) is 4.79 Å². The molecular weight excluding hydrogens is 556 g/mol. The molecule has 0 aromatic heterocycles. The van der Waals surface area contributed by atoms with Crippen molar-refractivity contribution < 1.29 is 32.2 Å². The highest BCUT2D eigenvalue weighted by Gasteiger charge is 2.27. The molecule has 1 amide bonds. The Morgan fingerprint density at radius 2 is 1.64 bits per heavy atom. The second-order valence-electron chi connectivity index (χ2n) is 11.9. The standard InChI is InChI=1S/C32H46N2O7S/c1-32(2,3)41-31(36)34-20-17-26(18-21-34)12-8-9-22-40-28-15-13-27(14-16-28)24-29(30(35)39-4)33-42(37,38)23-19-25-10-6-5-7-11-25/h5-7,10-11,13-16,26,29,33H,8-9,12,17-24H2,1-4H3/t29-/m0/s1. The van der Waals surface area contributed by atoms with Crippen LogP contribution in [0.25, 0.3) is 0 Å². The number of ether oxygens (including phenoxy) is 3. The Bertz CT molecular complexity index is 1220. The lowest BCUT2D eigenvalue weighted by Gasteiger charge is -2.33. The second-order valence-corrected chi connectivity index (χ2v) is 13.7. The fourth-order valence-electron chi connectivity index (χ4n) is 4.90. The van der Waals surface area contributed by atoms with Gasteiger partial charge < -0.3 is 19.1 Å². The Balaban J connectivity index is 1.37. The SMILES string of the molecule is COC(=O)[C@H](Cc1ccc(OCCCCC2CCN(C(=O)OC(C)(C)C)CC2)cc1)NS(=O)(=O)CCc1ccccc1. The zero-order valence-electron chi connectivity index (χ0n) is 25.3. The largest absolute Gasteiger partial charge is 0.494 e. The molecule has 1 fully saturated rings. The van der Waals surface area contributed by atoms with Gasteiger partial charge in [-0.1, -0.05) is 48.9 Å². The minimum Gasteiger partial charge on any atom is -0.494 e. The Labute approximate surface area is 251 Å². The monoisotopic (exact) mass is 602 g/mol. The number of aryl methyl sites for hydroxylation is 1. The topological polar surface area (TPSA) is 111 Å². The third-order valence-corrected chi connectivity index (χ3v) is 8.60. The average Bonchev–Trinajstić information content (AvgIpc) is 2.96. The third-order valence-electron chi connectivity index (χ3n) is 7.21. The van der Waals surface area contributed by atoms with Crippen LogP contribution < -0.4 is 9.46 Å². The predicted molar refractivity (Wildman–Crippen MR) is 163 cm³/mol. The van der Waals surface area contributed by atoms with Crippen LogP contribution in [0.2, 0.25) is 0 Å². The summed E-state index contributed by atoms with van der Waals surface area (Å²) in [4.78, 5) is 26.4. The zero-order chi connectivity index (χ0) is 30.6. The van der Waals surface area contributed by atoms with E-state index in [1.165, 1.54) is 7.11 Å². The molecule has 232 valence electrons. The van der Waals surface area contributed by atoms with E-state index in [4.69, 9.17) is 14.2 Å². The highest BCUT2D eigenvalue weighted by atomic mass is 32.2. The molecule has 9 nitrogen and oxygen atoms in total. The minimum absolute atomic E-state index is 0.122. The van der Waals surface area contributed by atoms with Crippen molar-refractivity contribution in [1.82, 2.24) is 9.62 Å². The highest BCUT2D eigenvalue weighted by Crippen LogP contribution is 2.24. The van der Waals surface area contributed by atoms with Crippen LogP contribution in [0.3, 0.4) is 0 Å². The van der Waals surface area contributed by atoms with Crippen LogP contribution in [0.15, 0.2) is 54.6 Å². The first-order valence-corrected chi connectivity index (χ1v) is 16.4. The fraction of sp³-hybridized carbons (Fsp3) is 0.562. The molecule has 1 heterocycles. The number of hydrogen-bond acceptors (Lipinski definition) is 7. The van der Waals surface area contributed by atoms with Gasteiger partial charge >= 0.3 is 12.1 Å². The molecule has 0 spiro atoms. The van der Waals surface area contributed by atoms with Crippen LogP contribution >= 0.6 is 0 Å². The molecule has 1 atom stereocenters. The maximum atomic E-state index is 12.7. The molecule has 0 saturated carbocycles. The molecule has 1 aliphatic rings. The average molecular weight is 603 g/mol. The number of carbonyl (C=O) groups excluding carboxylic acids is 2. The third kappa shape index (κ3) is 12.0. The van der Waals surface area contributed by atoms with Crippen LogP contribution in [-0.2, 0) is 37.1 Å². The number of carbonyl (C=O) groups is 2. The Kier molecular flexibility index (Phi) is 12.7. The van der Waals surface area contributed by atoms with E-state index in [1.807, 2.05) is 80.3 Å². The second kappa shape index (κ2) is 15.9. The fourth-order valence-corrected chi connectivity index (χ4v) is 6.14. The summed E-state index contributed by atoms with van der Waals surface area (Å²) in [5.74, 6) is 0.584. The van der Waals surface area contributed by atoms with Crippen molar-refractivity contribution in [2.24, 2.45) is 5.92 Å². The van der Waals surface area contributed by atoms with Gasteiger partial charge in [0.15, 0.2) is 0 Å². The molecule has 1 saturated heterocycles. The van der Waals surface area contributed by atoms with Gasteiger partial charge in [0.1, 0.15) is 17.4 Å². The van der Waals surface area contributed by atoms with Crippen molar-refractivity contribution in [1.29, 1.82) is 0 Å². The minimum atomic E-state index is -3.70. The van der Waals surface area contributed by atoms with Crippen LogP contribution in [0.5, 0.6) is 5.75 Å². The summed E-state index contributed by atoms with van der Waals surface area (Å²) in [6, 6.07) is 15.7. The highest BCUT2D eigenvalue weighted by molar-refractivity contribution is 7.89. The number of hydrogen-bond donors (Lipinski definition) is 1. The van der Waals surface area contributed by atoms with Gasteiger partial charge in [-0.3, -0.25) is 4.79 Å². The number of piperidine rings is 1. The van der Waals surface area contributed by atoms with Crippen molar-refractivity contribution in [3.8, 4) is 5.75 Å². The van der Waals surface area contributed by atoms with E-state index >= 15 is 0 Å². The number of likely N-dealkylation sites (tertiary alicyclic amines) is 1. The number of rotatable bonds is 14.